The number of methoxy groups -OCH3 is 3. The van der Waals surface area contributed by atoms with E-state index in [0.29, 0.717) is 46.1 Å². The molecule has 2 aliphatic rings. The minimum Gasteiger partial charge on any atom is -0.493 e. The topological polar surface area (TPSA) is 106 Å². The van der Waals surface area contributed by atoms with Crippen LogP contribution in [0.3, 0.4) is 0 Å². The predicted octanol–water partition coefficient (Wildman–Crippen LogP) is 2.51. The Labute approximate surface area is 180 Å². The highest BCUT2D eigenvalue weighted by atomic mass is 16.5. The van der Waals surface area contributed by atoms with Crippen LogP contribution in [0.5, 0.6) is 17.2 Å². The van der Waals surface area contributed by atoms with E-state index >= 15 is 0 Å². The number of piperidine rings is 1. The zero-order valence-corrected chi connectivity index (χ0v) is 18.3. The molecule has 9 nitrogen and oxygen atoms in total. The Bertz CT molecular complexity index is 1040. The molecule has 1 aromatic carbocycles. The number of hydrogen-bond acceptors (Lipinski definition) is 7. The molecule has 2 aliphatic heterocycles. The standard InChI is InChI=1S/C22H28N4O5/c1-12-7-9-26(10-8-12)22-24-20-17(21(28)25-22)14(11-16(27)23-20)13-5-6-15(29-2)19(31-4)18(13)30-3/h5-6,12,14H,7-11H2,1-4H3,(H2,23,24,25,27,28)/t14-/m1/s1. The number of anilines is 2. The van der Waals surface area contributed by atoms with Crippen molar-refractivity contribution in [1.29, 1.82) is 0 Å². The van der Waals surface area contributed by atoms with E-state index in [1.54, 1.807) is 12.1 Å². The fraction of sp³-hybridized carbons (Fsp3) is 0.500. The smallest absolute Gasteiger partial charge is 0.258 e. The lowest BCUT2D eigenvalue weighted by Crippen LogP contribution is -2.37. The van der Waals surface area contributed by atoms with Gasteiger partial charge < -0.3 is 24.4 Å². The van der Waals surface area contributed by atoms with Gasteiger partial charge in [0.2, 0.25) is 17.6 Å². The molecule has 1 saturated heterocycles. The summed E-state index contributed by atoms with van der Waals surface area (Å²) in [5.41, 5.74) is 0.822. The van der Waals surface area contributed by atoms with Crippen LogP contribution in [-0.4, -0.2) is 50.3 Å². The number of rotatable bonds is 5. The van der Waals surface area contributed by atoms with Gasteiger partial charge in [-0.25, -0.2) is 0 Å². The van der Waals surface area contributed by atoms with E-state index in [-0.39, 0.29) is 17.9 Å². The summed E-state index contributed by atoms with van der Waals surface area (Å²) in [4.78, 5) is 35.4. The molecule has 2 N–H and O–H groups in total. The van der Waals surface area contributed by atoms with Crippen LogP contribution >= 0.6 is 0 Å². The van der Waals surface area contributed by atoms with Crippen LogP contribution in [0.15, 0.2) is 16.9 Å². The van der Waals surface area contributed by atoms with Gasteiger partial charge in [-0.2, -0.15) is 4.98 Å². The molecule has 2 aromatic rings. The van der Waals surface area contributed by atoms with E-state index in [9.17, 15) is 9.59 Å². The molecule has 1 amide bonds. The molecule has 0 unspecified atom stereocenters. The molecule has 3 heterocycles. The molecule has 1 aromatic heterocycles. The Balaban J connectivity index is 1.80. The normalized spacial score (nSPS) is 18.9. The van der Waals surface area contributed by atoms with Crippen molar-refractivity contribution < 1.29 is 19.0 Å². The highest BCUT2D eigenvalue weighted by Crippen LogP contribution is 2.46. The first kappa shape index (κ1) is 21.0. The summed E-state index contributed by atoms with van der Waals surface area (Å²) in [5.74, 6) is 2.08. The number of aromatic amines is 1. The maximum Gasteiger partial charge on any atom is 0.258 e. The summed E-state index contributed by atoms with van der Waals surface area (Å²) in [6.07, 6.45) is 2.18. The second kappa shape index (κ2) is 8.49. The summed E-state index contributed by atoms with van der Waals surface area (Å²) in [6.45, 7) is 3.87. The number of aromatic nitrogens is 2. The molecular weight excluding hydrogens is 400 g/mol. The van der Waals surface area contributed by atoms with Gasteiger partial charge in [0, 0.05) is 31.0 Å². The highest BCUT2D eigenvalue weighted by Gasteiger charge is 2.35. The second-order valence-electron chi connectivity index (χ2n) is 8.05. The fourth-order valence-electron chi connectivity index (χ4n) is 4.39. The Morgan fingerprint density at radius 3 is 2.39 bits per heavy atom. The van der Waals surface area contributed by atoms with Gasteiger partial charge in [-0.15, -0.1) is 0 Å². The Morgan fingerprint density at radius 1 is 1.03 bits per heavy atom. The largest absolute Gasteiger partial charge is 0.493 e. The van der Waals surface area contributed by atoms with E-state index in [0.717, 1.165) is 25.9 Å². The fourth-order valence-corrected chi connectivity index (χ4v) is 4.39. The molecule has 0 radical (unpaired) electrons. The molecule has 0 aliphatic carbocycles. The molecule has 9 heteroatoms. The van der Waals surface area contributed by atoms with Crippen molar-refractivity contribution in [2.75, 3.05) is 44.6 Å². The maximum atomic E-state index is 13.2. The predicted molar refractivity (Wildman–Crippen MR) is 117 cm³/mol. The van der Waals surface area contributed by atoms with Crippen molar-refractivity contribution in [2.45, 2.75) is 32.1 Å². The van der Waals surface area contributed by atoms with Crippen molar-refractivity contribution in [1.82, 2.24) is 9.97 Å². The SMILES string of the molecule is COc1ccc([C@H]2CC(=O)Nc3nc(N4CCC(C)CC4)[nH]c(=O)c32)c(OC)c1OC. The van der Waals surface area contributed by atoms with Crippen molar-refractivity contribution in [2.24, 2.45) is 5.92 Å². The first-order chi connectivity index (χ1) is 15.0. The third-order valence-electron chi connectivity index (χ3n) is 6.13. The van der Waals surface area contributed by atoms with Gasteiger partial charge in [-0.05, 0) is 24.8 Å². The van der Waals surface area contributed by atoms with Gasteiger partial charge in [-0.3, -0.25) is 14.6 Å². The Morgan fingerprint density at radius 2 is 1.74 bits per heavy atom. The Kier molecular flexibility index (Phi) is 5.75. The van der Waals surface area contributed by atoms with Crippen molar-refractivity contribution in [3.05, 3.63) is 33.6 Å². The number of fused-ring (bicyclic) bond motifs is 1. The molecule has 0 bridgehead atoms. The van der Waals surface area contributed by atoms with Crippen molar-refractivity contribution in [3.63, 3.8) is 0 Å². The number of carbonyl (C=O) groups is 1. The number of H-pyrrole nitrogens is 1. The van der Waals surface area contributed by atoms with Crippen LogP contribution in [-0.2, 0) is 4.79 Å². The van der Waals surface area contributed by atoms with Crippen molar-refractivity contribution >= 4 is 17.7 Å². The molecule has 31 heavy (non-hydrogen) atoms. The summed E-state index contributed by atoms with van der Waals surface area (Å²) >= 11 is 0. The minimum atomic E-state index is -0.523. The quantitative estimate of drug-likeness (QED) is 0.754. The monoisotopic (exact) mass is 428 g/mol. The van der Waals surface area contributed by atoms with Gasteiger partial charge >= 0.3 is 0 Å². The number of hydrogen-bond donors (Lipinski definition) is 2. The lowest BCUT2D eigenvalue weighted by molar-refractivity contribution is -0.116. The third kappa shape index (κ3) is 3.80. The molecular formula is C22H28N4O5. The van der Waals surface area contributed by atoms with Crippen LogP contribution in [0.1, 0.15) is 43.2 Å². The summed E-state index contributed by atoms with van der Waals surface area (Å²) in [5, 5.41) is 2.78. The molecule has 4 rings (SSSR count). The molecule has 1 atom stereocenters. The van der Waals surface area contributed by atoms with Gasteiger partial charge in [0.05, 0.1) is 26.9 Å². The summed E-state index contributed by atoms with van der Waals surface area (Å²) in [6, 6.07) is 3.54. The van der Waals surface area contributed by atoms with E-state index in [1.807, 2.05) is 0 Å². The summed E-state index contributed by atoms with van der Waals surface area (Å²) < 4.78 is 16.4. The van der Waals surface area contributed by atoms with Crippen LogP contribution < -0.4 is 30.0 Å². The number of benzene rings is 1. The van der Waals surface area contributed by atoms with Crippen LogP contribution in [0, 0.1) is 5.92 Å². The molecule has 166 valence electrons. The second-order valence-corrected chi connectivity index (χ2v) is 8.05. The lowest BCUT2D eigenvalue weighted by atomic mass is 9.86. The first-order valence-corrected chi connectivity index (χ1v) is 10.4. The van der Waals surface area contributed by atoms with Gasteiger partial charge in [0.25, 0.3) is 5.56 Å². The van der Waals surface area contributed by atoms with E-state index in [4.69, 9.17) is 14.2 Å². The molecule has 1 fully saturated rings. The lowest BCUT2D eigenvalue weighted by Gasteiger charge is -2.32. The minimum absolute atomic E-state index is 0.101. The number of amides is 1. The number of nitrogens with zero attached hydrogens (tertiary/aromatic N) is 2. The van der Waals surface area contributed by atoms with Crippen LogP contribution in [0.2, 0.25) is 0 Å². The average molecular weight is 428 g/mol. The van der Waals surface area contributed by atoms with E-state index in [2.05, 4.69) is 27.1 Å². The van der Waals surface area contributed by atoms with Crippen molar-refractivity contribution in [3.8, 4) is 17.2 Å². The third-order valence-corrected chi connectivity index (χ3v) is 6.13. The summed E-state index contributed by atoms with van der Waals surface area (Å²) in [7, 11) is 4.58. The molecule has 0 saturated carbocycles. The van der Waals surface area contributed by atoms with E-state index < -0.39 is 5.92 Å². The van der Waals surface area contributed by atoms with Gasteiger partial charge in [0.15, 0.2) is 11.5 Å². The zero-order chi connectivity index (χ0) is 22.1. The molecule has 0 spiro atoms. The zero-order valence-electron chi connectivity index (χ0n) is 18.3. The Hall–Kier alpha value is -3.23. The first-order valence-electron chi connectivity index (χ1n) is 10.4. The number of ether oxygens (including phenoxy) is 3. The maximum absolute atomic E-state index is 13.2. The van der Waals surface area contributed by atoms with Gasteiger partial charge in [-0.1, -0.05) is 13.0 Å². The number of carbonyl (C=O) groups excluding carboxylic acids is 1. The van der Waals surface area contributed by atoms with E-state index in [1.165, 1.54) is 21.3 Å². The highest BCUT2D eigenvalue weighted by molar-refractivity contribution is 5.94. The van der Waals surface area contributed by atoms with Crippen LogP contribution in [0.25, 0.3) is 0 Å². The van der Waals surface area contributed by atoms with Crippen LogP contribution in [0.4, 0.5) is 11.8 Å². The average Bonchev–Trinajstić information content (AvgIpc) is 2.77. The number of nitrogens with one attached hydrogen (secondary N) is 2. The van der Waals surface area contributed by atoms with Gasteiger partial charge in [0.1, 0.15) is 5.82 Å².